The summed E-state index contributed by atoms with van der Waals surface area (Å²) in [7, 11) is 0. The second-order valence-corrected chi connectivity index (χ2v) is 5.55. The van der Waals surface area contributed by atoms with Gasteiger partial charge in [0.15, 0.2) is 0 Å². The van der Waals surface area contributed by atoms with Crippen molar-refractivity contribution in [3.05, 3.63) is 64.2 Å². The number of phenols is 1. The summed E-state index contributed by atoms with van der Waals surface area (Å²) in [6.45, 7) is 2.01. The molecule has 0 bridgehead atoms. The Balaban J connectivity index is 1.82. The highest BCUT2D eigenvalue weighted by atomic mass is 35.5. The maximum atomic E-state index is 9.97. The molecule has 2 aromatic rings. The number of benzene rings is 2. The van der Waals surface area contributed by atoms with Crippen LogP contribution >= 0.6 is 11.6 Å². The highest BCUT2D eigenvalue weighted by molar-refractivity contribution is 6.30. The monoisotopic (exact) mass is 286 g/mol. The fraction of sp³-hybridized carbons (Fsp3) is 0.250. The highest BCUT2D eigenvalue weighted by Gasteiger charge is 2.26. The van der Waals surface area contributed by atoms with E-state index >= 15 is 0 Å². The summed E-state index contributed by atoms with van der Waals surface area (Å²) in [4.78, 5) is 0. The number of phenolic OH excluding ortho intramolecular Hbond substituents is 1. The third kappa shape index (κ3) is 2.54. The van der Waals surface area contributed by atoms with Gasteiger partial charge < -0.3 is 5.11 Å². The van der Waals surface area contributed by atoms with Crippen LogP contribution in [0.1, 0.15) is 35.2 Å². The molecule has 3 rings (SSSR count). The highest BCUT2D eigenvalue weighted by Crippen LogP contribution is 2.41. The van der Waals surface area contributed by atoms with Crippen molar-refractivity contribution >= 4 is 11.6 Å². The van der Waals surface area contributed by atoms with Crippen LogP contribution in [0.5, 0.6) is 5.75 Å². The fourth-order valence-corrected chi connectivity index (χ4v) is 2.61. The van der Waals surface area contributed by atoms with Gasteiger partial charge in [-0.3, -0.25) is 0 Å². The zero-order valence-corrected chi connectivity index (χ0v) is 11.9. The van der Waals surface area contributed by atoms with E-state index in [-0.39, 0.29) is 17.8 Å². The summed E-state index contributed by atoms with van der Waals surface area (Å²) in [6, 6.07) is 13.2. The van der Waals surface area contributed by atoms with E-state index in [1.165, 1.54) is 0 Å². The summed E-state index contributed by atoms with van der Waals surface area (Å²) < 4.78 is 0. The van der Waals surface area contributed by atoms with E-state index < -0.39 is 0 Å². The molecule has 0 aromatic heterocycles. The molecule has 102 valence electrons. The van der Waals surface area contributed by atoms with Crippen molar-refractivity contribution < 1.29 is 5.11 Å². The number of hydrogen-bond acceptors (Lipinski definition) is 3. The molecule has 4 heteroatoms. The van der Waals surface area contributed by atoms with Crippen molar-refractivity contribution in [3.8, 4) is 5.75 Å². The Morgan fingerprint density at radius 3 is 2.50 bits per heavy atom. The van der Waals surface area contributed by atoms with Gasteiger partial charge in [-0.15, -0.1) is 0 Å². The van der Waals surface area contributed by atoms with Gasteiger partial charge in [0.25, 0.3) is 0 Å². The number of nitrogens with zero attached hydrogens (tertiary/aromatic N) is 2. The normalized spacial score (nSPS) is 21.3. The van der Waals surface area contributed by atoms with E-state index in [2.05, 4.69) is 10.2 Å². The molecule has 1 aliphatic heterocycles. The Kier molecular flexibility index (Phi) is 3.45. The molecule has 0 saturated carbocycles. The van der Waals surface area contributed by atoms with Crippen LogP contribution in [0.3, 0.4) is 0 Å². The van der Waals surface area contributed by atoms with Gasteiger partial charge >= 0.3 is 0 Å². The van der Waals surface area contributed by atoms with Crippen LogP contribution in [0.25, 0.3) is 0 Å². The van der Waals surface area contributed by atoms with Crippen molar-refractivity contribution in [1.82, 2.24) is 0 Å². The molecule has 0 aliphatic carbocycles. The summed E-state index contributed by atoms with van der Waals surface area (Å²) >= 11 is 5.89. The number of rotatable bonds is 2. The summed E-state index contributed by atoms with van der Waals surface area (Å²) in [5.41, 5.74) is 3.07. The first-order valence-electron chi connectivity index (χ1n) is 6.58. The molecule has 1 aliphatic rings. The average Bonchev–Trinajstić information content (AvgIpc) is 2.92. The SMILES string of the molecule is Cc1ccc(O)c(C2CC(c3ccc(Cl)cc3)N=N2)c1. The molecule has 0 fully saturated rings. The largest absolute Gasteiger partial charge is 0.508 e. The van der Waals surface area contributed by atoms with E-state index in [1.54, 1.807) is 6.07 Å². The molecule has 0 spiro atoms. The Morgan fingerprint density at radius 1 is 1.05 bits per heavy atom. The lowest BCUT2D eigenvalue weighted by molar-refractivity contribution is 0.460. The number of hydrogen-bond donors (Lipinski definition) is 1. The molecule has 1 heterocycles. The third-order valence-electron chi connectivity index (χ3n) is 3.59. The second kappa shape index (κ2) is 5.25. The maximum Gasteiger partial charge on any atom is 0.121 e. The van der Waals surface area contributed by atoms with E-state index in [0.29, 0.717) is 0 Å². The predicted molar refractivity (Wildman–Crippen MR) is 79.3 cm³/mol. The second-order valence-electron chi connectivity index (χ2n) is 5.11. The minimum atomic E-state index is -0.0735. The molecule has 2 unspecified atom stereocenters. The number of azo groups is 1. The van der Waals surface area contributed by atoms with Gasteiger partial charge in [0.2, 0.25) is 0 Å². The van der Waals surface area contributed by atoms with Crippen LogP contribution in [0, 0.1) is 6.92 Å². The number of halogens is 1. The zero-order chi connectivity index (χ0) is 14.1. The Labute approximate surface area is 122 Å². The van der Waals surface area contributed by atoms with Crippen molar-refractivity contribution in [1.29, 1.82) is 0 Å². The van der Waals surface area contributed by atoms with Crippen molar-refractivity contribution in [2.45, 2.75) is 25.4 Å². The summed E-state index contributed by atoms with van der Waals surface area (Å²) in [5, 5.41) is 19.3. The van der Waals surface area contributed by atoms with Gasteiger partial charge in [0.05, 0.1) is 6.04 Å². The van der Waals surface area contributed by atoms with Crippen LogP contribution in [0.4, 0.5) is 0 Å². The van der Waals surface area contributed by atoms with Gasteiger partial charge in [0.1, 0.15) is 11.8 Å². The lowest BCUT2D eigenvalue weighted by atomic mass is 9.96. The van der Waals surface area contributed by atoms with Crippen LogP contribution in [-0.2, 0) is 0 Å². The van der Waals surface area contributed by atoms with Gasteiger partial charge in [0, 0.05) is 17.0 Å². The Morgan fingerprint density at radius 2 is 1.75 bits per heavy atom. The van der Waals surface area contributed by atoms with Crippen molar-refractivity contribution in [2.24, 2.45) is 10.2 Å². The van der Waals surface area contributed by atoms with E-state index in [1.807, 2.05) is 43.3 Å². The summed E-state index contributed by atoms with van der Waals surface area (Å²) in [6.07, 6.45) is 0.776. The first-order chi connectivity index (χ1) is 9.63. The molecule has 0 amide bonds. The first-order valence-corrected chi connectivity index (χ1v) is 6.96. The lowest BCUT2D eigenvalue weighted by Gasteiger charge is -2.11. The topological polar surface area (TPSA) is 45.0 Å². The Hall–Kier alpha value is -1.87. The van der Waals surface area contributed by atoms with Crippen molar-refractivity contribution in [2.75, 3.05) is 0 Å². The van der Waals surface area contributed by atoms with E-state index in [4.69, 9.17) is 11.6 Å². The van der Waals surface area contributed by atoms with Crippen LogP contribution in [0.15, 0.2) is 52.7 Å². The van der Waals surface area contributed by atoms with Gasteiger partial charge in [-0.05, 0) is 30.7 Å². The quantitative estimate of drug-likeness (QED) is 0.830. The molecule has 20 heavy (non-hydrogen) atoms. The van der Waals surface area contributed by atoms with Crippen LogP contribution in [-0.4, -0.2) is 5.11 Å². The van der Waals surface area contributed by atoms with E-state index in [0.717, 1.165) is 28.1 Å². The molecular weight excluding hydrogens is 272 g/mol. The average molecular weight is 287 g/mol. The molecule has 2 atom stereocenters. The van der Waals surface area contributed by atoms with Gasteiger partial charge in [-0.25, -0.2) is 0 Å². The fourth-order valence-electron chi connectivity index (χ4n) is 2.48. The minimum Gasteiger partial charge on any atom is -0.508 e. The van der Waals surface area contributed by atoms with E-state index in [9.17, 15) is 5.11 Å². The van der Waals surface area contributed by atoms with Gasteiger partial charge in [-0.2, -0.15) is 10.2 Å². The lowest BCUT2D eigenvalue weighted by Crippen LogP contribution is -1.97. The van der Waals surface area contributed by atoms with Crippen LogP contribution in [0.2, 0.25) is 5.02 Å². The maximum absolute atomic E-state index is 9.97. The number of aryl methyl sites for hydroxylation is 1. The third-order valence-corrected chi connectivity index (χ3v) is 3.84. The summed E-state index contributed by atoms with van der Waals surface area (Å²) in [5.74, 6) is 0.288. The van der Waals surface area contributed by atoms with Gasteiger partial charge in [-0.1, -0.05) is 41.4 Å². The zero-order valence-electron chi connectivity index (χ0n) is 11.1. The molecule has 1 N–H and O–H groups in total. The molecule has 3 nitrogen and oxygen atoms in total. The predicted octanol–water partition coefficient (Wildman–Crippen LogP) is 4.99. The van der Waals surface area contributed by atoms with Crippen molar-refractivity contribution in [3.63, 3.8) is 0 Å². The molecule has 2 aromatic carbocycles. The molecule has 0 radical (unpaired) electrons. The standard InChI is InChI=1S/C16H15ClN2O/c1-10-2-7-16(20)13(8-10)15-9-14(18-19-15)11-3-5-12(17)6-4-11/h2-8,14-15,20H,9H2,1H3. The molecular formula is C16H15ClN2O. The minimum absolute atomic E-state index is 0.0391. The Bertz CT molecular complexity index is 652. The first kappa shape index (κ1) is 13.1. The molecule has 0 saturated heterocycles. The van der Waals surface area contributed by atoms with Crippen LogP contribution < -0.4 is 0 Å². The number of aromatic hydroxyl groups is 1. The smallest absolute Gasteiger partial charge is 0.121 e.